The summed E-state index contributed by atoms with van der Waals surface area (Å²) in [6.07, 6.45) is 2.41. The van der Waals surface area contributed by atoms with Crippen molar-refractivity contribution in [2.24, 2.45) is 0 Å². The molecular weight excluding hydrogens is 280 g/mol. The summed E-state index contributed by atoms with van der Waals surface area (Å²) < 4.78 is 0. The Morgan fingerprint density at radius 2 is 1.91 bits per heavy atom. The van der Waals surface area contributed by atoms with E-state index in [1.54, 1.807) is 5.56 Å². The van der Waals surface area contributed by atoms with Gasteiger partial charge in [-0.15, -0.1) is 0 Å². The fourth-order valence-corrected chi connectivity index (χ4v) is 4.37. The van der Waals surface area contributed by atoms with Crippen molar-refractivity contribution in [1.29, 1.82) is 0 Å². The Balaban J connectivity index is 1.61. The molecular formula is C21H26N2. The zero-order valence-corrected chi connectivity index (χ0v) is 14.2. The lowest BCUT2D eigenvalue weighted by Crippen LogP contribution is -2.45. The van der Waals surface area contributed by atoms with Gasteiger partial charge in [-0.1, -0.05) is 48.0 Å². The second-order valence-corrected chi connectivity index (χ2v) is 7.22. The van der Waals surface area contributed by atoms with E-state index in [1.807, 2.05) is 0 Å². The third-order valence-corrected chi connectivity index (χ3v) is 5.56. The molecule has 1 fully saturated rings. The molecule has 23 heavy (non-hydrogen) atoms. The molecule has 0 bridgehead atoms. The van der Waals surface area contributed by atoms with Crippen LogP contribution in [0.2, 0.25) is 0 Å². The number of fused-ring (bicyclic) bond motifs is 3. The monoisotopic (exact) mass is 306 g/mol. The Morgan fingerprint density at radius 3 is 2.74 bits per heavy atom. The molecule has 0 spiro atoms. The van der Waals surface area contributed by atoms with Crippen LogP contribution >= 0.6 is 0 Å². The fraction of sp³-hybridized carbons (Fsp3) is 0.429. The van der Waals surface area contributed by atoms with Crippen LogP contribution in [0.3, 0.4) is 0 Å². The van der Waals surface area contributed by atoms with E-state index in [9.17, 15) is 0 Å². The van der Waals surface area contributed by atoms with Crippen molar-refractivity contribution in [3.8, 4) is 0 Å². The van der Waals surface area contributed by atoms with Gasteiger partial charge in [0.1, 0.15) is 0 Å². The fourth-order valence-electron chi connectivity index (χ4n) is 4.37. The molecule has 2 nitrogen and oxygen atoms in total. The maximum Gasteiger partial charge on any atom is 0.0405 e. The molecule has 120 valence electrons. The van der Waals surface area contributed by atoms with E-state index < -0.39 is 0 Å². The molecule has 2 aliphatic rings. The Bertz CT molecular complexity index is 679. The number of hydrogen-bond acceptors (Lipinski definition) is 2. The lowest BCUT2D eigenvalue weighted by atomic mass is 9.89. The van der Waals surface area contributed by atoms with Crippen molar-refractivity contribution in [1.82, 2.24) is 4.90 Å². The first-order valence-electron chi connectivity index (χ1n) is 8.82. The lowest BCUT2D eigenvalue weighted by molar-refractivity contribution is 0.231. The maximum atomic E-state index is 2.69. The molecule has 4 rings (SSSR count). The van der Waals surface area contributed by atoms with Crippen LogP contribution in [0.1, 0.15) is 29.0 Å². The van der Waals surface area contributed by atoms with Crippen LogP contribution in [0, 0.1) is 6.92 Å². The number of rotatable bonds is 3. The molecule has 2 unspecified atom stereocenters. The highest BCUT2D eigenvalue weighted by molar-refractivity contribution is 5.63. The molecule has 0 aromatic heterocycles. The average molecular weight is 306 g/mol. The predicted molar refractivity (Wildman–Crippen MR) is 97.3 cm³/mol. The highest BCUT2D eigenvalue weighted by atomic mass is 15.2. The highest BCUT2D eigenvalue weighted by Crippen LogP contribution is 2.44. The molecule has 2 aliphatic heterocycles. The number of hydrogen-bond donors (Lipinski definition) is 0. The second kappa shape index (κ2) is 6.01. The maximum absolute atomic E-state index is 2.69. The average Bonchev–Trinajstić information content (AvgIpc) is 2.86. The van der Waals surface area contributed by atoms with Gasteiger partial charge in [-0.2, -0.15) is 0 Å². The highest BCUT2D eigenvalue weighted by Gasteiger charge is 2.40. The number of aryl methyl sites for hydroxylation is 1. The van der Waals surface area contributed by atoms with Crippen LogP contribution in [0.15, 0.2) is 48.5 Å². The Labute approximate surface area is 139 Å². The van der Waals surface area contributed by atoms with Crippen molar-refractivity contribution in [2.45, 2.75) is 31.7 Å². The van der Waals surface area contributed by atoms with Crippen LogP contribution in [0.4, 0.5) is 5.69 Å². The van der Waals surface area contributed by atoms with E-state index in [0.29, 0.717) is 12.0 Å². The summed E-state index contributed by atoms with van der Waals surface area (Å²) in [6.45, 7) is 5.76. The summed E-state index contributed by atoms with van der Waals surface area (Å²) in [5.41, 5.74) is 5.89. The minimum atomic E-state index is 0.680. The number of benzene rings is 2. The number of piperidine rings is 1. The summed E-state index contributed by atoms with van der Waals surface area (Å²) in [5.74, 6) is 0.680. The molecule has 2 aromatic carbocycles. The first kappa shape index (κ1) is 14.8. The number of likely N-dealkylation sites (N-methyl/N-ethyl adjacent to an activating group) is 1. The van der Waals surface area contributed by atoms with Crippen LogP contribution in [-0.4, -0.2) is 37.6 Å². The van der Waals surface area contributed by atoms with E-state index in [4.69, 9.17) is 0 Å². The molecule has 0 saturated carbocycles. The lowest BCUT2D eigenvalue weighted by Gasteiger charge is -2.37. The van der Waals surface area contributed by atoms with Crippen molar-refractivity contribution < 1.29 is 0 Å². The van der Waals surface area contributed by atoms with Crippen molar-refractivity contribution in [3.05, 3.63) is 65.2 Å². The molecule has 2 heterocycles. The van der Waals surface area contributed by atoms with Gasteiger partial charge in [-0.05, 0) is 50.6 Å². The van der Waals surface area contributed by atoms with Gasteiger partial charge in [0.05, 0.1) is 0 Å². The predicted octanol–water partition coefficient (Wildman–Crippen LogP) is 3.85. The quantitative estimate of drug-likeness (QED) is 0.850. The van der Waals surface area contributed by atoms with Crippen LogP contribution in [-0.2, 0) is 6.42 Å². The van der Waals surface area contributed by atoms with Crippen LogP contribution in [0.25, 0.3) is 0 Å². The SMILES string of the molecule is Cc1ccc2c(c1)C1CN(C)CCC1N2CCc1ccccc1. The first-order chi connectivity index (χ1) is 11.2. The van der Waals surface area contributed by atoms with Gasteiger partial charge in [-0.3, -0.25) is 0 Å². The number of likely N-dealkylation sites (tertiary alicyclic amines) is 1. The molecule has 0 radical (unpaired) electrons. The molecule has 1 saturated heterocycles. The van der Waals surface area contributed by atoms with Gasteiger partial charge in [0.15, 0.2) is 0 Å². The molecule has 2 heteroatoms. The largest absolute Gasteiger partial charge is 0.367 e. The van der Waals surface area contributed by atoms with Gasteiger partial charge < -0.3 is 9.80 Å². The molecule has 0 N–H and O–H groups in total. The number of nitrogens with zero attached hydrogens (tertiary/aromatic N) is 2. The minimum absolute atomic E-state index is 0.680. The van der Waals surface area contributed by atoms with Gasteiger partial charge >= 0.3 is 0 Å². The molecule has 0 amide bonds. The van der Waals surface area contributed by atoms with Gasteiger partial charge in [0.25, 0.3) is 0 Å². The zero-order valence-electron chi connectivity index (χ0n) is 14.2. The van der Waals surface area contributed by atoms with Gasteiger partial charge in [0.2, 0.25) is 0 Å². The first-order valence-corrected chi connectivity index (χ1v) is 8.82. The third kappa shape index (κ3) is 2.76. The summed E-state index contributed by atoms with van der Waals surface area (Å²) in [4.78, 5) is 5.19. The summed E-state index contributed by atoms with van der Waals surface area (Å²) in [7, 11) is 2.26. The smallest absolute Gasteiger partial charge is 0.0405 e. The Hall–Kier alpha value is -1.80. The van der Waals surface area contributed by atoms with E-state index in [1.165, 1.54) is 36.3 Å². The Kier molecular flexibility index (Phi) is 3.86. The topological polar surface area (TPSA) is 6.48 Å². The van der Waals surface area contributed by atoms with Crippen molar-refractivity contribution in [3.63, 3.8) is 0 Å². The van der Waals surface area contributed by atoms with Crippen LogP contribution in [0.5, 0.6) is 0 Å². The molecule has 0 aliphatic carbocycles. The summed E-state index contributed by atoms with van der Waals surface area (Å²) >= 11 is 0. The third-order valence-electron chi connectivity index (χ3n) is 5.56. The summed E-state index contributed by atoms with van der Waals surface area (Å²) in [6, 6.07) is 18.6. The van der Waals surface area contributed by atoms with Gasteiger partial charge in [0, 0.05) is 30.7 Å². The van der Waals surface area contributed by atoms with E-state index in [2.05, 4.69) is 72.3 Å². The second-order valence-electron chi connectivity index (χ2n) is 7.22. The Morgan fingerprint density at radius 1 is 1.09 bits per heavy atom. The van der Waals surface area contributed by atoms with Crippen molar-refractivity contribution in [2.75, 3.05) is 31.6 Å². The molecule has 2 aromatic rings. The minimum Gasteiger partial charge on any atom is -0.367 e. The number of anilines is 1. The standard InChI is InChI=1S/C21H26N2/c1-16-8-9-20-18(14-16)19-15-22(2)12-11-21(19)23(20)13-10-17-6-4-3-5-7-17/h3-9,14,19,21H,10-13,15H2,1-2H3. The van der Waals surface area contributed by atoms with Gasteiger partial charge in [-0.25, -0.2) is 0 Å². The van der Waals surface area contributed by atoms with E-state index in [-0.39, 0.29) is 0 Å². The normalized spacial score (nSPS) is 23.7. The molecule has 2 atom stereocenters. The van der Waals surface area contributed by atoms with Crippen LogP contribution < -0.4 is 4.90 Å². The summed E-state index contributed by atoms with van der Waals surface area (Å²) in [5, 5.41) is 0. The van der Waals surface area contributed by atoms with E-state index in [0.717, 1.165) is 13.0 Å². The van der Waals surface area contributed by atoms with E-state index >= 15 is 0 Å². The zero-order chi connectivity index (χ0) is 15.8. The van der Waals surface area contributed by atoms with Crippen molar-refractivity contribution >= 4 is 5.69 Å².